The number of para-hydroxylation sites is 2. The lowest BCUT2D eigenvalue weighted by Gasteiger charge is -2.18. The number of amides is 3. The average Bonchev–Trinajstić information content (AvgIpc) is 3.29. The monoisotopic (exact) mass is 405 g/mol. The van der Waals surface area contributed by atoms with Gasteiger partial charge in [0.05, 0.1) is 11.0 Å². The Morgan fingerprint density at radius 1 is 1.37 bits per heavy atom. The molecule has 3 aromatic rings. The van der Waals surface area contributed by atoms with E-state index in [1.54, 1.807) is 12.1 Å². The molecule has 0 aliphatic carbocycles. The number of urea groups is 1. The number of nitrogens with one attached hydrogen (secondary N) is 3. The lowest BCUT2D eigenvalue weighted by Crippen LogP contribution is -2.38. The normalized spacial score (nSPS) is 18.4. The van der Waals surface area contributed by atoms with Crippen LogP contribution in [-0.4, -0.2) is 50.7 Å². The number of benzene rings is 1. The van der Waals surface area contributed by atoms with E-state index in [2.05, 4.69) is 25.6 Å². The minimum Gasteiger partial charge on any atom is -0.368 e. The lowest BCUT2D eigenvalue weighted by atomic mass is 10.1. The largest absolute Gasteiger partial charge is 0.368 e. The minimum absolute atomic E-state index is 0.0235. The van der Waals surface area contributed by atoms with Crippen molar-refractivity contribution < 1.29 is 14.7 Å². The van der Waals surface area contributed by atoms with Crippen LogP contribution >= 0.6 is 0 Å². The highest BCUT2D eigenvalue weighted by molar-refractivity contribution is 6.04. The summed E-state index contributed by atoms with van der Waals surface area (Å²) in [5.41, 5.74) is 0.249. The number of fused-ring (bicyclic) bond motifs is 1. The molecule has 0 unspecified atom stereocenters. The molecule has 1 fully saturated rings. The third-order valence-corrected chi connectivity index (χ3v) is 4.86. The predicted octanol–water partition coefficient (Wildman–Crippen LogP) is 1.31. The number of carbonyl (C=O) groups is 2. The molecule has 0 bridgehead atoms. The van der Waals surface area contributed by atoms with Crippen LogP contribution in [0.25, 0.3) is 11.0 Å². The Morgan fingerprint density at radius 2 is 2.20 bits per heavy atom. The molecule has 0 spiro atoms. The minimum atomic E-state index is -2.01. The topological polar surface area (TPSA) is 147 Å². The second kappa shape index (κ2) is 7.81. The number of rotatable bonds is 5. The fourth-order valence-corrected chi connectivity index (χ4v) is 3.29. The van der Waals surface area contributed by atoms with Crippen LogP contribution in [0, 0.1) is 11.3 Å². The van der Waals surface area contributed by atoms with E-state index in [-0.39, 0.29) is 18.8 Å². The number of nitriles is 1. The van der Waals surface area contributed by atoms with Crippen LogP contribution in [-0.2, 0) is 11.2 Å². The molecule has 3 amide bonds. The Morgan fingerprint density at radius 3 is 2.97 bits per heavy atom. The predicted molar refractivity (Wildman–Crippen MR) is 109 cm³/mol. The van der Waals surface area contributed by atoms with Crippen molar-refractivity contribution in [2.45, 2.75) is 18.4 Å². The van der Waals surface area contributed by atoms with Gasteiger partial charge in [0.25, 0.3) is 5.91 Å². The summed E-state index contributed by atoms with van der Waals surface area (Å²) in [5, 5.41) is 24.3. The fourth-order valence-electron chi connectivity index (χ4n) is 3.29. The number of hydrogen-bond acceptors (Lipinski definition) is 6. The van der Waals surface area contributed by atoms with Crippen LogP contribution in [0.3, 0.4) is 0 Å². The van der Waals surface area contributed by atoms with Crippen LogP contribution < -0.4 is 15.5 Å². The van der Waals surface area contributed by atoms with E-state index in [0.717, 1.165) is 16.9 Å². The second-order valence-corrected chi connectivity index (χ2v) is 6.91. The van der Waals surface area contributed by atoms with Gasteiger partial charge in [0, 0.05) is 43.9 Å². The summed E-state index contributed by atoms with van der Waals surface area (Å²) in [5.74, 6) is 0.334. The van der Waals surface area contributed by atoms with E-state index in [9.17, 15) is 14.7 Å². The Kier molecular flexibility index (Phi) is 5.04. The molecule has 30 heavy (non-hydrogen) atoms. The molecule has 4 rings (SSSR count). The summed E-state index contributed by atoms with van der Waals surface area (Å²) >= 11 is 0. The maximum atomic E-state index is 12.3. The van der Waals surface area contributed by atoms with Crippen molar-refractivity contribution >= 4 is 34.5 Å². The van der Waals surface area contributed by atoms with Gasteiger partial charge in [-0.05, 0) is 18.2 Å². The van der Waals surface area contributed by atoms with Crippen molar-refractivity contribution in [2.75, 3.05) is 23.3 Å². The van der Waals surface area contributed by atoms with Gasteiger partial charge in [-0.25, -0.2) is 14.8 Å². The van der Waals surface area contributed by atoms with E-state index < -0.39 is 17.5 Å². The van der Waals surface area contributed by atoms with E-state index in [1.807, 2.05) is 24.3 Å². The summed E-state index contributed by atoms with van der Waals surface area (Å²) in [7, 11) is 0. The van der Waals surface area contributed by atoms with E-state index in [4.69, 9.17) is 5.26 Å². The molecule has 152 valence electrons. The molecule has 10 nitrogen and oxygen atoms in total. The van der Waals surface area contributed by atoms with Gasteiger partial charge in [-0.3, -0.25) is 10.1 Å². The molecule has 1 aromatic carbocycles. The Balaban J connectivity index is 1.33. The lowest BCUT2D eigenvalue weighted by molar-refractivity contribution is -0.128. The van der Waals surface area contributed by atoms with Crippen LogP contribution in [0.4, 0.5) is 16.3 Å². The maximum absolute atomic E-state index is 12.3. The SMILES string of the molecule is N#C[C@@]1(O)CCN(c2ccnc(NC(=O)NCCc3nc4ccccc4[nH]3)c2)C1=O. The number of imidazole rings is 1. The van der Waals surface area contributed by atoms with Gasteiger partial charge in [0.2, 0.25) is 5.60 Å². The van der Waals surface area contributed by atoms with Gasteiger partial charge < -0.3 is 20.3 Å². The molecule has 1 aliphatic heterocycles. The molecule has 0 saturated carbocycles. The van der Waals surface area contributed by atoms with Gasteiger partial charge >= 0.3 is 6.03 Å². The van der Waals surface area contributed by atoms with Gasteiger partial charge in [0.1, 0.15) is 17.7 Å². The van der Waals surface area contributed by atoms with Gasteiger partial charge in [-0.1, -0.05) is 12.1 Å². The summed E-state index contributed by atoms with van der Waals surface area (Å²) in [6.07, 6.45) is 2.00. The highest BCUT2D eigenvalue weighted by atomic mass is 16.3. The molecule has 2 aromatic heterocycles. The standard InChI is InChI=1S/C20H19N7O3/c21-12-20(30)7-10-27(18(20)28)13-5-8-22-17(11-13)26-19(29)23-9-6-16-24-14-3-1-2-4-15(14)25-16/h1-5,8,11,30H,6-7,9-10H2,(H,24,25)(H2,22,23,26,29)/t20-/m0/s1. The first kappa shape index (κ1) is 19.4. The van der Waals surface area contributed by atoms with E-state index in [0.29, 0.717) is 18.7 Å². The number of H-pyrrole nitrogens is 1. The third-order valence-electron chi connectivity index (χ3n) is 4.86. The van der Waals surface area contributed by atoms with Crippen LogP contribution in [0.15, 0.2) is 42.6 Å². The Hall–Kier alpha value is -3.97. The van der Waals surface area contributed by atoms with Crippen LogP contribution in [0.2, 0.25) is 0 Å². The fraction of sp³-hybridized carbons (Fsp3) is 0.250. The van der Waals surface area contributed by atoms with Crippen LogP contribution in [0.5, 0.6) is 0 Å². The molecule has 10 heteroatoms. The summed E-state index contributed by atoms with van der Waals surface area (Å²) in [6.45, 7) is 0.571. The van der Waals surface area contributed by atoms with E-state index in [1.165, 1.54) is 17.2 Å². The third kappa shape index (κ3) is 3.78. The molecule has 0 radical (unpaired) electrons. The molecule has 3 heterocycles. The van der Waals surface area contributed by atoms with E-state index >= 15 is 0 Å². The number of carbonyl (C=O) groups excluding carboxylic acids is 2. The average molecular weight is 405 g/mol. The van der Waals surface area contributed by atoms with Crippen molar-refractivity contribution in [2.24, 2.45) is 0 Å². The zero-order chi connectivity index (χ0) is 21.1. The number of pyridine rings is 1. The number of hydrogen-bond donors (Lipinski definition) is 4. The second-order valence-electron chi connectivity index (χ2n) is 6.91. The molecular weight excluding hydrogens is 386 g/mol. The van der Waals surface area contributed by atoms with Crippen molar-refractivity contribution in [1.29, 1.82) is 5.26 Å². The summed E-state index contributed by atoms with van der Waals surface area (Å²) in [6, 6.07) is 12.0. The van der Waals surface area contributed by atoms with Crippen molar-refractivity contribution in [3.8, 4) is 6.07 Å². The first-order valence-corrected chi connectivity index (χ1v) is 9.39. The Labute approximate surface area is 171 Å². The quantitative estimate of drug-likeness (QED) is 0.471. The van der Waals surface area contributed by atoms with Crippen molar-refractivity contribution in [3.05, 3.63) is 48.4 Å². The first-order chi connectivity index (χ1) is 14.5. The van der Waals surface area contributed by atoms with Crippen molar-refractivity contribution in [3.63, 3.8) is 0 Å². The van der Waals surface area contributed by atoms with Gasteiger partial charge in [0.15, 0.2) is 0 Å². The highest BCUT2D eigenvalue weighted by Crippen LogP contribution is 2.28. The zero-order valence-electron chi connectivity index (χ0n) is 15.9. The molecule has 1 aliphatic rings. The number of anilines is 2. The summed E-state index contributed by atoms with van der Waals surface area (Å²) in [4.78, 5) is 37.4. The number of aromatic amines is 1. The summed E-state index contributed by atoms with van der Waals surface area (Å²) < 4.78 is 0. The van der Waals surface area contributed by atoms with Gasteiger partial charge in [-0.15, -0.1) is 0 Å². The maximum Gasteiger partial charge on any atom is 0.320 e. The number of aliphatic hydroxyl groups is 1. The Bertz CT molecular complexity index is 1120. The van der Waals surface area contributed by atoms with Gasteiger partial charge in [-0.2, -0.15) is 5.26 Å². The highest BCUT2D eigenvalue weighted by Gasteiger charge is 2.46. The zero-order valence-corrected chi connectivity index (χ0v) is 15.9. The molecule has 1 atom stereocenters. The molecule has 4 N–H and O–H groups in total. The molecule has 1 saturated heterocycles. The molecular formula is C20H19N7O3. The van der Waals surface area contributed by atoms with Crippen LogP contribution in [0.1, 0.15) is 12.2 Å². The number of nitrogens with zero attached hydrogens (tertiary/aromatic N) is 4. The first-order valence-electron chi connectivity index (χ1n) is 9.39. The number of aromatic nitrogens is 3. The smallest absolute Gasteiger partial charge is 0.320 e. The van der Waals surface area contributed by atoms with Crippen molar-refractivity contribution in [1.82, 2.24) is 20.3 Å².